The summed E-state index contributed by atoms with van der Waals surface area (Å²) in [4.78, 5) is 24.9. The average Bonchev–Trinajstić information content (AvgIpc) is 3.32. The van der Waals surface area contributed by atoms with Crippen molar-refractivity contribution in [1.82, 2.24) is 10.2 Å². The largest absolute Gasteiger partial charge is 0.490 e. The van der Waals surface area contributed by atoms with Crippen LogP contribution < -0.4 is 5.32 Å². The average molecular weight is 452 g/mol. The van der Waals surface area contributed by atoms with E-state index in [0.717, 1.165) is 26.2 Å². The molecular formula is C19H27F3N2O5S. The molecule has 7 nitrogen and oxygen atoms in total. The number of hydrogen-bond acceptors (Lipinski definition) is 6. The van der Waals surface area contributed by atoms with Crippen molar-refractivity contribution in [2.24, 2.45) is 17.8 Å². The fourth-order valence-electron chi connectivity index (χ4n) is 3.76. The van der Waals surface area contributed by atoms with Gasteiger partial charge in [-0.15, -0.1) is 11.3 Å². The zero-order valence-electron chi connectivity index (χ0n) is 16.7. The Labute approximate surface area is 177 Å². The first kappa shape index (κ1) is 24.6. The molecule has 30 heavy (non-hydrogen) atoms. The van der Waals surface area contributed by atoms with E-state index in [0.29, 0.717) is 43.9 Å². The molecule has 0 aromatic carbocycles. The number of aliphatic carboxylic acids is 1. The van der Waals surface area contributed by atoms with E-state index in [1.807, 2.05) is 11.3 Å². The van der Waals surface area contributed by atoms with Crippen LogP contribution in [0.3, 0.4) is 0 Å². The quantitative estimate of drug-likeness (QED) is 0.617. The second kappa shape index (κ2) is 11.6. The van der Waals surface area contributed by atoms with Crippen LogP contribution in [0.1, 0.15) is 11.3 Å². The summed E-state index contributed by atoms with van der Waals surface area (Å²) < 4.78 is 42.5. The van der Waals surface area contributed by atoms with E-state index in [1.165, 1.54) is 4.88 Å². The molecule has 1 amide bonds. The maximum atomic E-state index is 12.1. The molecule has 1 aromatic rings. The van der Waals surface area contributed by atoms with Crippen LogP contribution in [0, 0.1) is 17.8 Å². The highest BCUT2D eigenvalue weighted by atomic mass is 32.1. The molecule has 2 aliphatic rings. The number of thiophene rings is 1. The number of fused-ring (bicyclic) bond motifs is 1. The summed E-state index contributed by atoms with van der Waals surface area (Å²) >= 11 is 1.82. The van der Waals surface area contributed by atoms with E-state index in [4.69, 9.17) is 19.4 Å². The molecule has 11 heteroatoms. The minimum atomic E-state index is -5.08. The molecule has 2 aliphatic heterocycles. The number of rotatable bonds is 7. The number of carbonyl (C=O) groups excluding carboxylic acids is 1. The summed E-state index contributed by atoms with van der Waals surface area (Å²) in [7, 11) is 1.65. The minimum Gasteiger partial charge on any atom is -0.475 e. The molecule has 170 valence electrons. The van der Waals surface area contributed by atoms with Crippen LogP contribution in [-0.4, -0.2) is 74.6 Å². The van der Waals surface area contributed by atoms with Crippen LogP contribution in [0.25, 0.3) is 0 Å². The number of hydrogen-bond donors (Lipinski definition) is 2. The number of amides is 1. The van der Waals surface area contributed by atoms with Crippen molar-refractivity contribution in [2.45, 2.75) is 19.1 Å². The Bertz CT molecular complexity index is 672. The van der Waals surface area contributed by atoms with E-state index < -0.39 is 12.1 Å². The Hall–Kier alpha value is -1.69. The molecule has 3 atom stereocenters. The molecular weight excluding hydrogens is 425 g/mol. The van der Waals surface area contributed by atoms with Gasteiger partial charge in [-0.05, 0) is 29.2 Å². The molecule has 0 saturated carbocycles. The Kier molecular flexibility index (Phi) is 9.53. The van der Waals surface area contributed by atoms with Gasteiger partial charge in [-0.2, -0.15) is 13.2 Å². The summed E-state index contributed by atoms with van der Waals surface area (Å²) in [5.74, 6) is -1.15. The maximum absolute atomic E-state index is 12.1. The molecule has 0 radical (unpaired) electrons. The maximum Gasteiger partial charge on any atom is 0.490 e. The third kappa shape index (κ3) is 7.86. The Morgan fingerprint density at radius 3 is 2.70 bits per heavy atom. The molecule has 3 rings (SSSR count). The molecule has 0 bridgehead atoms. The SMILES string of the molecule is COCCNC(=O)C[C@@H]1COC[C@H]2CN(Cc3cccs3)C[C@@H]12.O=C(O)C(F)(F)F. The van der Waals surface area contributed by atoms with Crippen molar-refractivity contribution < 1.29 is 37.3 Å². The Balaban J connectivity index is 0.000000396. The number of nitrogens with zero attached hydrogens (tertiary/aromatic N) is 1. The first-order valence-corrected chi connectivity index (χ1v) is 10.5. The van der Waals surface area contributed by atoms with Crippen LogP contribution in [-0.2, 0) is 25.6 Å². The molecule has 2 fully saturated rings. The molecule has 3 heterocycles. The molecule has 2 saturated heterocycles. The highest BCUT2D eigenvalue weighted by molar-refractivity contribution is 7.09. The lowest BCUT2D eigenvalue weighted by Crippen LogP contribution is -2.38. The normalized spacial score (nSPS) is 23.9. The Morgan fingerprint density at radius 2 is 2.10 bits per heavy atom. The molecule has 0 spiro atoms. The number of likely N-dealkylation sites (tertiary alicyclic amines) is 1. The number of ether oxygens (including phenoxy) is 2. The smallest absolute Gasteiger partial charge is 0.475 e. The van der Waals surface area contributed by atoms with Gasteiger partial charge in [-0.3, -0.25) is 9.69 Å². The van der Waals surface area contributed by atoms with Crippen LogP contribution >= 0.6 is 11.3 Å². The Morgan fingerprint density at radius 1 is 1.37 bits per heavy atom. The second-order valence-corrected chi connectivity index (χ2v) is 8.38. The molecule has 1 aromatic heterocycles. The summed E-state index contributed by atoms with van der Waals surface area (Å²) in [6.07, 6.45) is -4.52. The van der Waals surface area contributed by atoms with Crippen LogP contribution in [0.2, 0.25) is 0 Å². The fourth-order valence-corrected chi connectivity index (χ4v) is 4.50. The van der Waals surface area contributed by atoms with Gasteiger partial charge < -0.3 is 19.9 Å². The zero-order chi connectivity index (χ0) is 22.1. The van der Waals surface area contributed by atoms with Crippen molar-refractivity contribution in [3.8, 4) is 0 Å². The predicted octanol–water partition coefficient (Wildman–Crippen LogP) is 2.23. The third-order valence-electron chi connectivity index (χ3n) is 5.11. The van der Waals surface area contributed by atoms with Crippen molar-refractivity contribution in [1.29, 1.82) is 0 Å². The van der Waals surface area contributed by atoms with Crippen molar-refractivity contribution in [2.75, 3.05) is 46.6 Å². The zero-order valence-corrected chi connectivity index (χ0v) is 17.5. The summed E-state index contributed by atoms with van der Waals surface area (Å²) in [5.41, 5.74) is 0. The van der Waals surface area contributed by atoms with Gasteiger partial charge in [-0.1, -0.05) is 6.07 Å². The first-order valence-electron chi connectivity index (χ1n) is 9.59. The van der Waals surface area contributed by atoms with Gasteiger partial charge in [0.15, 0.2) is 0 Å². The van der Waals surface area contributed by atoms with E-state index in [1.54, 1.807) is 7.11 Å². The van der Waals surface area contributed by atoms with Crippen molar-refractivity contribution in [3.63, 3.8) is 0 Å². The lowest BCUT2D eigenvalue weighted by molar-refractivity contribution is -0.192. The van der Waals surface area contributed by atoms with E-state index in [9.17, 15) is 18.0 Å². The number of nitrogens with one attached hydrogen (secondary N) is 1. The topological polar surface area (TPSA) is 88.1 Å². The standard InChI is InChI=1S/C17H26N2O3S.C2HF3O2/c1-21-5-4-18-17(20)7-13-11-22-12-14-8-19(10-16(13)14)9-15-3-2-6-23-15;3-2(4,5)1(6)7/h2-3,6,13-14,16H,4-5,7-12H2,1H3,(H,18,20);(H,6,7)/t13-,14-,16+;/m1./s1. The summed E-state index contributed by atoms with van der Waals surface area (Å²) in [6, 6.07) is 4.31. The second-order valence-electron chi connectivity index (χ2n) is 7.34. The monoisotopic (exact) mass is 452 g/mol. The number of methoxy groups -OCH3 is 1. The van der Waals surface area contributed by atoms with Gasteiger partial charge in [0.2, 0.25) is 5.91 Å². The highest BCUT2D eigenvalue weighted by Crippen LogP contribution is 2.36. The lowest BCUT2D eigenvalue weighted by atomic mass is 9.81. The molecule has 2 N–H and O–H groups in total. The number of halogens is 3. The van der Waals surface area contributed by atoms with Gasteiger partial charge >= 0.3 is 12.1 Å². The molecule has 0 unspecified atom stereocenters. The fraction of sp³-hybridized carbons (Fsp3) is 0.684. The van der Waals surface area contributed by atoms with Crippen LogP contribution in [0.4, 0.5) is 13.2 Å². The minimum absolute atomic E-state index is 0.119. The van der Waals surface area contributed by atoms with Crippen molar-refractivity contribution in [3.05, 3.63) is 22.4 Å². The van der Waals surface area contributed by atoms with Gasteiger partial charge in [0.25, 0.3) is 0 Å². The van der Waals surface area contributed by atoms with Crippen LogP contribution in [0.15, 0.2) is 17.5 Å². The number of carboxylic acid groups (broad SMARTS) is 1. The van der Waals surface area contributed by atoms with E-state index >= 15 is 0 Å². The first-order chi connectivity index (χ1) is 14.2. The van der Waals surface area contributed by atoms with E-state index in [2.05, 4.69) is 27.7 Å². The predicted molar refractivity (Wildman–Crippen MR) is 104 cm³/mol. The molecule has 0 aliphatic carbocycles. The number of alkyl halides is 3. The van der Waals surface area contributed by atoms with Crippen molar-refractivity contribution >= 4 is 23.2 Å². The lowest BCUT2D eigenvalue weighted by Gasteiger charge is -2.32. The van der Waals surface area contributed by atoms with Gasteiger partial charge in [0.1, 0.15) is 0 Å². The van der Waals surface area contributed by atoms with Crippen LogP contribution in [0.5, 0.6) is 0 Å². The third-order valence-corrected chi connectivity index (χ3v) is 5.98. The summed E-state index contributed by atoms with van der Waals surface area (Å²) in [5, 5.41) is 12.2. The van der Waals surface area contributed by atoms with Gasteiger partial charge in [-0.25, -0.2) is 4.79 Å². The highest BCUT2D eigenvalue weighted by Gasteiger charge is 2.41. The van der Waals surface area contributed by atoms with E-state index in [-0.39, 0.29) is 5.91 Å². The summed E-state index contributed by atoms with van der Waals surface area (Å²) in [6.45, 7) is 5.90. The number of carbonyl (C=O) groups is 2. The van der Waals surface area contributed by atoms with Gasteiger partial charge in [0, 0.05) is 44.6 Å². The van der Waals surface area contributed by atoms with Gasteiger partial charge in [0.05, 0.1) is 19.8 Å². The number of carboxylic acids is 1.